The van der Waals surface area contributed by atoms with Crippen molar-refractivity contribution in [3.8, 4) is 5.75 Å². The molecule has 0 saturated carbocycles. The predicted molar refractivity (Wildman–Crippen MR) is 73.2 cm³/mol. The maximum absolute atomic E-state index is 5.65. The van der Waals surface area contributed by atoms with Crippen LogP contribution in [0.25, 0.3) is 0 Å². The van der Waals surface area contributed by atoms with Crippen molar-refractivity contribution in [2.75, 3.05) is 12.8 Å². The van der Waals surface area contributed by atoms with E-state index < -0.39 is 0 Å². The smallest absolute Gasteiger partial charge is 0.239 e. The number of hydrogen-bond donors (Lipinski definition) is 1. The van der Waals surface area contributed by atoms with Gasteiger partial charge in [-0.1, -0.05) is 17.7 Å². The number of aryl methyl sites for hydroxylation is 2. The van der Waals surface area contributed by atoms with Gasteiger partial charge in [0.1, 0.15) is 11.6 Å². The molecule has 2 aromatic rings. The van der Waals surface area contributed by atoms with E-state index in [1.165, 1.54) is 11.1 Å². The van der Waals surface area contributed by atoms with Gasteiger partial charge in [0, 0.05) is 12.3 Å². The van der Waals surface area contributed by atoms with Gasteiger partial charge < -0.3 is 10.5 Å². The molecule has 1 aromatic carbocycles. The summed E-state index contributed by atoms with van der Waals surface area (Å²) in [6.45, 7) is 2.92. The molecule has 1 aromatic heterocycles. The van der Waals surface area contributed by atoms with Crippen LogP contribution in [-0.2, 0) is 13.0 Å². The molecular formula is C14H18N4O. The zero-order valence-corrected chi connectivity index (χ0v) is 11.3. The highest BCUT2D eigenvalue weighted by Crippen LogP contribution is 2.34. The lowest BCUT2D eigenvalue weighted by Gasteiger charge is -2.24. The molecule has 5 heteroatoms. The summed E-state index contributed by atoms with van der Waals surface area (Å²) in [6, 6.07) is 6.31. The summed E-state index contributed by atoms with van der Waals surface area (Å²) in [5.41, 5.74) is 8.16. The molecule has 1 aliphatic heterocycles. The van der Waals surface area contributed by atoms with Crippen LogP contribution in [0.4, 0.5) is 5.95 Å². The van der Waals surface area contributed by atoms with Crippen LogP contribution in [0.1, 0.15) is 29.3 Å². The molecule has 0 radical (unpaired) electrons. The minimum absolute atomic E-state index is 0.367. The summed E-state index contributed by atoms with van der Waals surface area (Å²) >= 11 is 0. The summed E-state index contributed by atoms with van der Waals surface area (Å²) < 4.78 is 7.40. The quantitative estimate of drug-likeness (QED) is 0.893. The first-order valence-electron chi connectivity index (χ1n) is 6.51. The van der Waals surface area contributed by atoms with E-state index >= 15 is 0 Å². The van der Waals surface area contributed by atoms with Crippen LogP contribution in [-0.4, -0.2) is 21.9 Å². The third kappa shape index (κ3) is 2.16. The topological polar surface area (TPSA) is 66.0 Å². The van der Waals surface area contributed by atoms with Gasteiger partial charge in [-0.3, -0.25) is 0 Å². The molecule has 100 valence electrons. The van der Waals surface area contributed by atoms with Crippen LogP contribution in [0.2, 0.25) is 0 Å². The third-order valence-electron chi connectivity index (χ3n) is 3.70. The molecule has 0 fully saturated rings. The van der Waals surface area contributed by atoms with Crippen LogP contribution < -0.4 is 10.5 Å². The molecule has 3 rings (SSSR count). The second kappa shape index (κ2) is 4.57. The fraction of sp³-hybridized carbons (Fsp3) is 0.429. The Hall–Kier alpha value is -2.04. The Bertz CT molecular complexity index is 605. The number of nitrogens with two attached hydrogens (primary N) is 1. The second-order valence-electron chi connectivity index (χ2n) is 5.05. The maximum atomic E-state index is 5.65. The number of rotatable bonds is 2. The fourth-order valence-electron chi connectivity index (χ4n) is 2.75. The summed E-state index contributed by atoms with van der Waals surface area (Å²) in [7, 11) is 1.72. The SMILES string of the molecule is COc1ccc(C)cc1C1CCc2nc(N)nn2C1. The van der Waals surface area contributed by atoms with Gasteiger partial charge in [0.2, 0.25) is 5.95 Å². The first kappa shape index (κ1) is 12.0. The van der Waals surface area contributed by atoms with Crippen molar-refractivity contribution in [1.29, 1.82) is 0 Å². The van der Waals surface area contributed by atoms with Crippen LogP contribution in [0.3, 0.4) is 0 Å². The first-order chi connectivity index (χ1) is 9.17. The standard InChI is InChI=1S/C14H18N4O/c1-9-3-5-12(19-2)11(7-9)10-4-6-13-16-14(15)17-18(13)8-10/h3,5,7,10H,4,6,8H2,1-2H3,(H2,15,17). The molecule has 0 amide bonds. The van der Waals surface area contributed by atoms with Gasteiger partial charge in [0.15, 0.2) is 0 Å². The van der Waals surface area contributed by atoms with E-state index in [9.17, 15) is 0 Å². The highest BCUT2D eigenvalue weighted by atomic mass is 16.5. The highest BCUT2D eigenvalue weighted by Gasteiger charge is 2.24. The fourth-order valence-corrected chi connectivity index (χ4v) is 2.75. The normalized spacial score (nSPS) is 18.1. The Kier molecular flexibility index (Phi) is 2.89. The summed E-state index contributed by atoms with van der Waals surface area (Å²) in [6.07, 6.45) is 1.96. The van der Waals surface area contributed by atoms with E-state index in [2.05, 4.69) is 29.1 Å². The largest absolute Gasteiger partial charge is 0.496 e. The van der Waals surface area contributed by atoms with E-state index in [0.29, 0.717) is 11.9 Å². The summed E-state index contributed by atoms with van der Waals surface area (Å²) in [5, 5.41) is 4.25. The minimum atomic E-state index is 0.367. The van der Waals surface area contributed by atoms with Crippen LogP contribution >= 0.6 is 0 Å². The van der Waals surface area contributed by atoms with Crippen molar-refractivity contribution in [1.82, 2.24) is 14.8 Å². The number of fused-ring (bicyclic) bond motifs is 1. The minimum Gasteiger partial charge on any atom is -0.496 e. The average molecular weight is 258 g/mol. The van der Waals surface area contributed by atoms with E-state index in [0.717, 1.165) is 31.0 Å². The lowest BCUT2D eigenvalue weighted by Crippen LogP contribution is -2.20. The molecule has 0 spiro atoms. The van der Waals surface area contributed by atoms with Gasteiger partial charge in [0.25, 0.3) is 0 Å². The predicted octanol–water partition coefficient (Wildman–Crippen LogP) is 1.91. The number of aromatic nitrogens is 3. The van der Waals surface area contributed by atoms with Crippen molar-refractivity contribution in [2.24, 2.45) is 0 Å². The Labute approximate surface area is 112 Å². The van der Waals surface area contributed by atoms with Gasteiger partial charge in [0.05, 0.1) is 13.7 Å². The number of benzene rings is 1. The van der Waals surface area contributed by atoms with Crippen molar-refractivity contribution < 1.29 is 4.74 Å². The molecule has 0 saturated heterocycles. The number of methoxy groups -OCH3 is 1. The average Bonchev–Trinajstić information content (AvgIpc) is 2.77. The molecule has 5 nitrogen and oxygen atoms in total. The van der Waals surface area contributed by atoms with Crippen LogP contribution in [0, 0.1) is 6.92 Å². The molecular weight excluding hydrogens is 240 g/mol. The van der Waals surface area contributed by atoms with Gasteiger partial charge in [-0.05, 0) is 25.0 Å². The van der Waals surface area contributed by atoms with Crippen molar-refractivity contribution in [2.45, 2.75) is 32.2 Å². The highest BCUT2D eigenvalue weighted by molar-refractivity contribution is 5.39. The Morgan fingerprint density at radius 1 is 1.42 bits per heavy atom. The Balaban J connectivity index is 1.94. The molecule has 2 N–H and O–H groups in total. The molecule has 19 heavy (non-hydrogen) atoms. The summed E-state index contributed by atoms with van der Waals surface area (Å²) in [4.78, 5) is 4.24. The monoisotopic (exact) mass is 258 g/mol. The molecule has 0 bridgehead atoms. The third-order valence-corrected chi connectivity index (χ3v) is 3.70. The van der Waals surface area contributed by atoms with Crippen molar-refractivity contribution in [3.05, 3.63) is 35.2 Å². The van der Waals surface area contributed by atoms with E-state index in [4.69, 9.17) is 10.5 Å². The molecule has 2 heterocycles. The number of nitrogens with zero attached hydrogens (tertiary/aromatic N) is 3. The summed E-state index contributed by atoms with van der Waals surface area (Å²) in [5.74, 6) is 2.71. The van der Waals surface area contributed by atoms with Crippen LogP contribution in [0.5, 0.6) is 5.75 Å². The van der Waals surface area contributed by atoms with E-state index in [1.807, 2.05) is 10.7 Å². The maximum Gasteiger partial charge on any atom is 0.239 e. The van der Waals surface area contributed by atoms with E-state index in [-0.39, 0.29) is 0 Å². The zero-order chi connectivity index (χ0) is 13.4. The lowest BCUT2D eigenvalue weighted by atomic mass is 9.90. The molecule has 1 atom stereocenters. The van der Waals surface area contributed by atoms with Gasteiger partial charge >= 0.3 is 0 Å². The number of nitrogen functional groups attached to an aromatic ring is 1. The van der Waals surface area contributed by atoms with Gasteiger partial charge in [-0.2, -0.15) is 4.98 Å². The van der Waals surface area contributed by atoms with Crippen molar-refractivity contribution in [3.63, 3.8) is 0 Å². The Morgan fingerprint density at radius 2 is 2.26 bits per heavy atom. The second-order valence-corrected chi connectivity index (χ2v) is 5.05. The molecule has 1 unspecified atom stereocenters. The number of anilines is 1. The van der Waals surface area contributed by atoms with E-state index in [1.54, 1.807) is 7.11 Å². The van der Waals surface area contributed by atoms with Gasteiger partial charge in [-0.25, -0.2) is 4.68 Å². The van der Waals surface area contributed by atoms with Gasteiger partial charge in [-0.15, -0.1) is 5.10 Å². The molecule has 1 aliphatic rings. The first-order valence-corrected chi connectivity index (χ1v) is 6.51. The molecule has 0 aliphatic carbocycles. The van der Waals surface area contributed by atoms with Crippen LogP contribution in [0.15, 0.2) is 18.2 Å². The zero-order valence-electron chi connectivity index (χ0n) is 11.3. The Morgan fingerprint density at radius 3 is 3.05 bits per heavy atom. The lowest BCUT2D eigenvalue weighted by molar-refractivity contribution is 0.380. The number of ether oxygens (including phenoxy) is 1. The van der Waals surface area contributed by atoms with Crippen molar-refractivity contribution >= 4 is 5.95 Å². The number of hydrogen-bond acceptors (Lipinski definition) is 4.